The van der Waals surface area contributed by atoms with Gasteiger partial charge in [-0.05, 0) is 33.6 Å². The minimum absolute atomic E-state index is 0.0637. The van der Waals surface area contributed by atoms with Crippen LogP contribution in [-0.2, 0) is 4.79 Å². The summed E-state index contributed by atoms with van der Waals surface area (Å²) in [5, 5.41) is 3.01. The van der Waals surface area contributed by atoms with Crippen LogP contribution in [0.3, 0.4) is 0 Å². The van der Waals surface area contributed by atoms with E-state index < -0.39 is 0 Å². The van der Waals surface area contributed by atoms with Crippen molar-refractivity contribution in [3.05, 3.63) is 0 Å². The highest BCUT2D eigenvalue weighted by Gasteiger charge is 2.23. The molecule has 0 saturated heterocycles. The van der Waals surface area contributed by atoms with Gasteiger partial charge in [-0.3, -0.25) is 10.2 Å². The van der Waals surface area contributed by atoms with E-state index >= 15 is 0 Å². The van der Waals surface area contributed by atoms with Crippen LogP contribution in [0.1, 0.15) is 33.6 Å². The van der Waals surface area contributed by atoms with Gasteiger partial charge in [0, 0.05) is 13.1 Å². The predicted octanol–water partition coefficient (Wildman–Crippen LogP) is -0.185. The summed E-state index contributed by atoms with van der Waals surface area (Å²) in [7, 11) is 0. The van der Waals surface area contributed by atoms with Crippen molar-refractivity contribution in [3.63, 3.8) is 0 Å². The van der Waals surface area contributed by atoms with Gasteiger partial charge in [-0.25, -0.2) is 10.8 Å². The molecule has 6 heteroatoms. The monoisotopic (exact) mass is 241 g/mol. The van der Waals surface area contributed by atoms with Crippen molar-refractivity contribution in [1.82, 2.24) is 15.6 Å². The maximum atomic E-state index is 12.0. The zero-order valence-corrected chi connectivity index (χ0v) is 10.9. The largest absolute Gasteiger partial charge is 0.344 e. The zero-order chi connectivity index (χ0) is 12.8. The maximum absolute atomic E-state index is 12.0. The van der Waals surface area contributed by atoms with Crippen molar-refractivity contribution < 1.29 is 4.79 Å². The molecule has 1 saturated carbocycles. The number of nitrogens with two attached hydrogens (primary N) is 1. The van der Waals surface area contributed by atoms with Crippen molar-refractivity contribution in [2.75, 3.05) is 13.1 Å². The third-order valence-electron chi connectivity index (χ3n) is 2.79. The van der Waals surface area contributed by atoms with E-state index in [0.29, 0.717) is 25.1 Å². The van der Waals surface area contributed by atoms with Gasteiger partial charge in [0.05, 0.1) is 6.04 Å². The number of nitrogens with one attached hydrogen (secondary N) is 2. The van der Waals surface area contributed by atoms with E-state index in [-0.39, 0.29) is 11.9 Å². The Morgan fingerprint density at radius 2 is 2.06 bits per heavy atom. The van der Waals surface area contributed by atoms with Gasteiger partial charge in [0.2, 0.25) is 11.9 Å². The fourth-order valence-corrected chi connectivity index (χ4v) is 1.58. The minimum atomic E-state index is -0.316. The predicted molar refractivity (Wildman–Crippen MR) is 68.3 cm³/mol. The van der Waals surface area contributed by atoms with E-state index in [1.165, 1.54) is 0 Å². The average molecular weight is 241 g/mol. The van der Waals surface area contributed by atoms with E-state index in [9.17, 15) is 4.79 Å². The summed E-state index contributed by atoms with van der Waals surface area (Å²) in [6.45, 7) is 7.18. The summed E-state index contributed by atoms with van der Waals surface area (Å²) in [5.41, 5.74) is 2.50. The second-order valence-corrected chi connectivity index (χ2v) is 4.23. The lowest BCUT2D eigenvalue weighted by Gasteiger charge is -2.24. The molecule has 4 N–H and O–H groups in total. The summed E-state index contributed by atoms with van der Waals surface area (Å²) in [6.07, 6.45) is 2.20. The second-order valence-electron chi connectivity index (χ2n) is 4.23. The molecule has 1 atom stereocenters. The Labute approximate surface area is 103 Å². The summed E-state index contributed by atoms with van der Waals surface area (Å²) < 4.78 is 0. The van der Waals surface area contributed by atoms with Crippen LogP contribution in [0.5, 0.6) is 0 Å². The van der Waals surface area contributed by atoms with E-state index in [1.54, 1.807) is 4.90 Å². The molecule has 6 nitrogen and oxygen atoms in total. The number of hydrogen-bond acceptors (Lipinski definition) is 3. The number of rotatable bonds is 5. The Balaban J connectivity index is 2.50. The van der Waals surface area contributed by atoms with Crippen molar-refractivity contribution in [2.24, 2.45) is 10.8 Å². The highest BCUT2D eigenvalue weighted by Crippen LogP contribution is 2.23. The fraction of sp³-hybridized carbons (Fsp3) is 0.818. The average Bonchev–Trinajstić information content (AvgIpc) is 3.13. The van der Waals surface area contributed by atoms with Gasteiger partial charge in [-0.2, -0.15) is 0 Å². The Morgan fingerprint density at radius 1 is 1.47 bits per heavy atom. The summed E-state index contributed by atoms with van der Waals surface area (Å²) in [4.78, 5) is 18.1. The van der Waals surface area contributed by atoms with Gasteiger partial charge >= 0.3 is 0 Å². The first kappa shape index (κ1) is 13.8. The molecule has 1 unspecified atom stereocenters. The first-order chi connectivity index (χ1) is 8.12. The highest BCUT2D eigenvalue weighted by atomic mass is 16.2. The molecule has 0 aromatic carbocycles. The maximum Gasteiger partial charge on any atom is 0.244 e. The van der Waals surface area contributed by atoms with E-state index in [4.69, 9.17) is 5.84 Å². The van der Waals surface area contributed by atoms with Gasteiger partial charge in [-0.1, -0.05) is 0 Å². The van der Waals surface area contributed by atoms with Crippen molar-refractivity contribution in [1.29, 1.82) is 0 Å². The molecule has 1 aliphatic carbocycles. The van der Waals surface area contributed by atoms with Gasteiger partial charge in [0.25, 0.3) is 0 Å². The molecule has 0 aromatic rings. The van der Waals surface area contributed by atoms with Crippen molar-refractivity contribution >= 4 is 11.9 Å². The summed E-state index contributed by atoms with van der Waals surface area (Å²) >= 11 is 0. The minimum Gasteiger partial charge on any atom is -0.344 e. The molecule has 1 rings (SSSR count). The molecule has 1 fully saturated rings. The third-order valence-corrected chi connectivity index (χ3v) is 2.79. The van der Waals surface area contributed by atoms with Crippen molar-refractivity contribution in [2.45, 2.75) is 45.7 Å². The number of nitrogens with zero attached hydrogens (tertiary/aromatic N) is 2. The summed E-state index contributed by atoms with van der Waals surface area (Å²) in [5.74, 6) is 5.93. The molecule has 0 spiro atoms. The molecular formula is C11H23N5O. The van der Waals surface area contributed by atoms with E-state index in [0.717, 1.165) is 12.8 Å². The topological polar surface area (TPSA) is 82.8 Å². The Morgan fingerprint density at radius 3 is 2.47 bits per heavy atom. The summed E-state index contributed by atoms with van der Waals surface area (Å²) in [6, 6.07) is 0.0488. The Bertz CT molecular complexity index is 284. The first-order valence-corrected chi connectivity index (χ1v) is 6.22. The molecule has 0 heterocycles. The normalized spacial score (nSPS) is 17.5. The van der Waals surface area contributed by atoms with Crippen molar-refractivity contribution in [3.8, 4) is 0 Å². The lowest BCUT2D eigenvalue weighted by atomic mass is 10.3. The number of carbonyl (C=O) groups excluding carboxylic acids is 1. The molecular weight excluding hydrogens is 218 g/mol. The molecule has 0 aromatic heterocycles. The highest BCUT2D eigenvalue weighted by molar-refractivity contribution is 5.88. The standard InChI is InChI=1S/C11H23N5O/c1-4-16(5-2)10(17)8(3)13-11(15-12)14-9-6-7-9/h8-9H,4-7,12H2,1-3H3,(H2,13,14,15). The first-order valence-electron chi connectivity index (χ1n) is 6.22. The zero-order valence-electron chi connectivity index (χ0n) is 10.9. The smallest absolute Gasteiger partial charge is 0.244 e. The third kappa shape index (κ3) is 4.22. The van der Waals surface area contributed by atoms with Gasteiger partial charge < -0.3 is 10.2 Å². The molecule has 98 valence electrons. The van der Waals surface area contributed by atoms with Crippen LogP contribution in [0.2, 0.25) is 0 Å². The molecule has 1 aliphatic rings. The fourth-order valence-electron chi connectivity index (χ4n) is 1.58. The lowest BCUT2D eigenvalue weighted by molar-refractivity contribution is -0.132. The number of carbonyl (C=O) groups is 1. The molecule has 0 aliphatic heterocycles. The van der Waals surface area contributed by atoms with Crippen LogP contribution in [0.15, 0.2) is 4.99 Å². The number of guanidine groups is 1. The van der Waals surface area contributed by atoms with Gasteiger partial charge in [0.1, 0.15) is 6.04 Å². The Hall–Kier alpha value is -1.30. The number of hydrogen-bond donors (Lipinski definition) is 3. The van der Waals surface area contributed by atoms with Gasteiger partial charge in [-0.15, -0.1) is 0 Å². The lowest BCUT2D eigenvalue weighted by Crippen LogP contribution is -2.52. The second kappa shape index (κ2) is 6.44. The number of hydrazine groups is 1. The molecule has 0 bridgehead atoms. The number of likely N-dealkylation sites (N-methyl/N-ethyl adjacent to an activating group) is 1. The SMILES string of the molecule is CCN(CC)C(=O)C(C)NC(=NC1CC1)NN. The quantitative estimate of drug-likeness (QED) is 0.270. The van der Waals surface area contributed by atoms with Crippen LogP contribution in [0.4, 0.5) is 0 Å². The van der Waals surface area contributed by atoms with Crippen LogP contribution < -0.4 is 16.6 Å². The van der Waals surface area contributed by atoms with Crippen LogP contribution in [0.25, 0.3) is 0 Å². The van der Waals surface area contributed by atoms with Crippen LogP contribution in [-0.4, -0.2) is 41.9 Å². The van der Waals surface area contributed by atoms with E-state index in [2.05, 4.69) is 15.7 Å². The molecule has 0 radical (unpaired) electrons. The number of aliphatic imine (C=N–C) groups is 1. The molecule has 1 amide bonds. The van der Waals surface area contributed by atoms with E-state index in [1.807, 2.05) is 20.8 Å². The van der Waals surface area contributed by atoms with Crippen LogP contribution >= 0.6 is 0 Å². The molecule has 17 heavy (non-hydrogen) atoms. The van der Waals surface area contributed by atoms with Gasteiger partial charge in [0.15, 0.2) is 0 Å². The number of amides is 1. The Kier molecular flexibility index (Phi) is 5.21. The van der Waals surface area contributed by atoms with Crippen LogP contribution in [0, 0.1) is 0 Å².